The van der Waals surface area contributed by atoms with E-state index in [2.05, 4.69) is 25.1 Å². The summed E-state index contributed by atoms with van der Waals surface area (Å²) in [5.41, 5.74) is -0.0659. The van der Waals surface area contributed by atoms with Crippen LogP contribution in [0.25, 0.3) is 11.5 Å². The van der Waals surface area contributed by atoms with Crippen LogP contribution in [-0.2, 0) is 18.9 Å². The van der Waals surface area contributed by atoms with Crippen LogP contribution in [0.3, 0.4) is 0 Å². The molecule has 11 heteroatoms. The summed E-state index contributed by atoms with van der Waals surface area (Å²) in [6, 6.07) is 7.44. The first kappa shape index (κ1) is 26.5. The molecule has 34 heavy (non-hydrogen) atoms. The maximum atomic E-state index is 13.1. The van der Waals surface area contributed by atoms with E-state index in [0.717, 1.165) is 5.56 Å². The third kappa shape index (κ3) is 7.68. The second-order valence-electron chi connectivity index (χ2n) is 8.90. The molecule has 1 heterocycles. The van der Waals surface area contributed by atoms with E-state index in [4.69, 9.17) is 13.9 Å². The summed E-state index contributed by atoms with van der Waals surface area (Å²) in [5, 5.41) is 5.84. The summed E-state index contributed by atoms with van der Waals surface area (Å²) in [6.45, 7) is 8.61. The van der Waals surface area contributed by atoms with Crippen LogP contribution >= 0.6 is 0 Å². The number of aryl methyl sites for hydroxylation is 1. The van der Waals surface area contributed by atoms with Gasteiger partial charge in [0, 0.05) is 5.56 Å². The van der Waals surface area contributed by atoms with Crippen LogP contribution in [0.2, 0.25) is 0 Å². The highest BCUT2D eigenvalue weighted by Crippen LogP contribution is 2.28. The summed E-state index contributed by atoms with van der Waals surface area (Å²) in [5.74, 6) is -0.259. The topological polar surface area (TPSA) is 138 Å². The van der Waals surface area contributed by atoms with Crippen LogP contribution in [0.4, 0.5) is 15.5 Å². The normalized spacial score (nSPS) is 11.4. The predicted molar refractivity (Wildman–Crippen MR) is 123 cm³/mol. The van der Waals surface area contributed by atoms with E-state index in [1.807, 2.05) is 31.2 Å². The van der Waals surface area contributed by atoms with Gasteiger partial charge in [-0.1, -0.05) is 17.7 Å². The average Bonchev–Trinajstić information content (AvgIpc) is 3.19. The molecule has 11 nitrogen and oxygen atoms in total. The van der Waals surface area contributed by atoms with Crippen LogP contribution in [0.1, 0.15) is 43.7 Å². The second kappa shape index (κ2) is 10.9. The number of hydrogen-bond donors (Lipinski definition) is 2. The van der Waals surface area contributed by atoms with Gasteiger partial charge in [0.1, 0.15) is 13.2 Å². The first-order chi connectivity index (χ1) is 15.9. The minimum absolute atomic E-state index is 0.0205. The molecule has 186 valence electrons. The fourth-order valence-electron chi connectivity index (χ4n) is 2.72. The number of carbonyl (C=O) groups is 3. The average molecular weight is 478 g/mol. The minimum Gasteiger partial charge on any atom is -0.438 e. The summed E-state index contributed by atoms with van der Waals surface area (Å²) in [4.78, 5) is 40.2. The molecular weight excluding hydrogens is 446 g/mol. The summed E-state index contributed by atoms with van der Waals surface area (Å²) in [7, 11) is 2.40. The molecule has 2 N–H and O–H groups in total. The summed E-state index contributed by atoms with van der Waals surface area (Å²) in [6.07, 6.45) is -1.70. The van der Waals surface area contributed by atoms with E-state index >= 15 is 0 Å². The molecule has 2 rings (SSSR count). The maximum absolute atomic E-state index is 13.1. The molecular formula is C23H31N3O8. The van der Waals surface area contributed by atoms with Gasteiger partial charge in [0.05, 0.1) is 25.3 Å². The lowest BCUT2D eigenvalue weighted by atomic mass is 10.1. The Labute approximate surface area is 198 Å². The first-order valence-corrected chi connectivity index (χ1v) is 10.5. The molecule has 0 radical (unpaired) electrons. The van der Waals surface area contributed by atoms with Gasteiger partial charge >= 0.3 is 12.3 Å². The van der Waals surface area contributed by atoms with Gasteiger partial charge in [0.25, 0.3) is 5.91 Å². The Kier molecular flexibility index (Phi) is 8.50. The molecule has 0 aliphatic rings. The van der Waals surface area contributed by atoms with E-state index in [9.17, 15) is 14.4 Å². The number of methoxy groups -OCH3 is 2. The zero-order valence-electron chi connectivity index (χ0n) is 20.4. The Bertz CT molecular complexity index is 1010. The molecule has 0 spiro atoms. The van der Waals surface area contributed by atoms with Crippen LogP contribution in [-0.4, -0.2) is 61.7 Å². The molecule has 0 bridgehead atoms. The zero-order chi connectivity index (χ0) is 25.5. The van der Waals surface area contributed by atoms with Crippen molar-refractivity contribution in [2.75, 3.05) is 32.8 Å². The van der Waals surface area contributed by atoms with Gasteiger partial charge < -0.3 is 34.0 Å². The minimum atomic E-state index is -0.935. The molecule has 0 aliphatic carbocycles. The Morgan fingerprint density at radius 1 is 0.912 bits per heavy atom. The lowest BCUT2D eigenvalue weighted by Crippen LogP contribution is -2.48. The number of ether oxygens (including phenoxy) is 4. The number of anilines is 1. The van der Waals surface area contributed by atoms with Crippen molar-refractivity contribution in [2.24, 2.45) is 0 Å². The number of benzene rings is 1. The molecule has 2 aromatic rings. The van der Waals surface area contributed by atoms with Crippen molar-refractivity contribution in [3.05, 3.63) is 35.5 Å². The Hall–Kier alpha value is -3.76. The van der Waals surface area contributed by atoms with Gasteiger partial charge in [0.2, 0.25) is 11.8 Å². The smallest absolute Gasteiger partial charge is 0.438 e. The fourth-order valence-corrected chi connectivity index (χ4v) is 2.72. The van der Waals surface area contributed by atoms with Crippen LogP contribution in [0, 0.1) is 6.92 Å². The van der Waals surface area contributed by atoms with Crippen molar-refractivity contribution in [3.8, 4) is 11.5 Å². The first-order valence-electron chi connectivity index (χ1n) is 10.5. The molecule has 1 aromatic carbocycles. The van der Waals surface area contributed by atoms with Crippen molar-refractivity contribution in [1.82, 2.24) is 10.3 Å². The van der Waals surface area contributed by atoms with Crippen LogP contribution < -0.4 is 10.6 Å². The van der Waals surface area contributed by atoms with E-state index in [1.165, 1.54) is 14.2 Å². The van der Waals surface area contributed by atoms with Crippen LogP contribution in [0.15, 0.2) is 28.7 Å². The van der Waals surface area contributed by atoms with Crippen molar-refractivity contribution >= 4 is 24.1 Å². The maximum Gasteiger partial charge on any atom is 0.508 e. The molecule has 0 aliphatic heterocycles. The zero-order valence-corrected chi connectivity index (χ0v) is 20.4. The molecule has 0 unspecified atom stereocenters. The van der Waals surface area contributed by atoms with Crippen molar-refractivity contribution in [2.45, 2.75) is 45.7 Å². The Balaban J connectivity index is 2.32. The number of amides is 1. The van der Waals surface area contributed by atoms with Gasteiger partial charge in [-0.3, -0.25) is 4.79 Å². The fraction of sp³-hybridized carbons (Fsp3) is 0.478. The van der Waals surface area contributed by atoms with Gasteiger partial charge in [-0.05, 0) is 46.8 Å². The molecule has 0 fully saturated rings. The van der Waals surface area contributed by atoms with Crippen molar-refractivity contribution < 1.29 is 37.7 Å². The number of oxazole rings is 1. The van der Waals surface area contributed by atoms with Gasteiger partial charge in [-0.25, -0.2) is 14.6 Å². The lowest BCUT2D eigenvalue weighted by Gasteiger charge is -2.27. The number of nitrogens with zero attached hydrogens (tertiary/aromatic N) is 1. The van der Waals surface area contributed by atoms with E-state index in [0.29, 0.717) is 5.56 Å². The largest absolute Gasteiger partial charge is 0.508 e. The van der Waals surface area contributed by atoms with Gasteiger partial charge in [-0.2, -0.15) is 0 Å². The standard InChI is InChI=1S/C23H31N3O8/c1-14-8-10-15(11-9-14)18-24-16(17(27)25-22(2,3)12-32-20(28)30-6)19(34-18)26-23(4,5)13-33-21(29)31-7/h8-11,26H,12-13H2,1-7H3,(H,25,27). The Morgan fingerprint density at radius 3 is 1.97 bits per heavy atom. The highest BCUT2D eigenvalue weighted by molar-refractivity contribution is 5.97. The number of rotatable bonds is 9. The molecule has 0 saturated heterocycles. The van der Waals surface area contributed by atoms with Crippen molar-refractivity contribution in [1.29, 1.82) is 0 Å². The van der Waals surface area contributed by atoms with E-state index < -0.39 is 29.3 Å². The Morgan fingerprint density at radius 2 is 1.44 bits per heavy atom. The monoisotopic (exact) mass is 477 g/mol. The number of hydrogen-bond acceptors (Lipinski definition) is 10. The van der Waals surface area contributed by atoms with Crippen molar-refractivity contribution in [3.63, 3.8) is 0 Å². The SMILES string of the molecule is COC(=O)OCC(C)(C)NC(=O)c1nc(-c2ccc(C)cc2)oc1NC(C)(C)COC(=O)OC. The molecule has 1 aromatic heterocycles. The summed E-state index contributed by atoms with van der Waals surface area (Å²) < 4.78 is 24.9. The third-order valence-electron chi connectivity index (χ3n) is 4.48. The lowest BCUT2D eigenvalue weighted by molar-refractivity contribution is 0.0499. The number of carbonyl (C=O) groups excluding carboxylic acids is 3. The second-order valence-corrected chi connectivity index (χ2v) is 8.90. The highest BCUT2D eigenvalue weighted by Gasteiger charge is 2.31. The molecule has 1 amide bonds. The molecule has 0 saturated carbocycles. The van der Waals surface area contributed by atoms with Gasteiger partial charge in [-0.15, -0.1) is 0 Å². The third-order valence-corrected chi connectivity index (χ3v) is 4.48. The van der Waals surface area contributed by atoms with Crippen LogP contribution in [0.5, 0.6) is 0 Å². The summed E-state index contributed by atoms with van der Waals surface area (Å²) >= 11 is 0. The van der Waals surface area contributed by atoms with E-state index in [-0.39, 0.29) is 30.7 Å². The quantitative estimate of drug-likeness (QED) is 0.511. The van der Waals surface area contributed by atoms with E-state index in [1.54, 1.807) is 27.7 Å². The molecule has 0 atom stereocenters. The number of nitrogens with one attached hydrogen (secondary N) is 2. The number of aromatic nitrogens is 1. The highest BCUT2D eigenvalue weighted by atomic mass is 16.7. The predicted octanol–water partition coefficient (Wildman–Crippen LogP) is 3.91. The van der Waals surface area contributed by atoms with Gasteiger partial charge in [0.15, 0.2) is 5.69 Å².